The first-order valence-electron chi connectivity index (χ1n) is 6.84. The van der Waals surface area contributed by atoms with E-state index in [2.05, 4.69) is 16.4 Å². The zero-order valence-corrected chi connectivity index (χ0v) is 10.5. The van der Waals surface area contributed by atoms with Crippen LogP contribution < -0.4 is 16.4 Å². The first kappa shape index (κ1) is 12.3. The fourth-order valence-corrected chi connectivity index (χ4v) is 2.47. The molecule has 3 N–H and O–H groups in total. The third kappa shape index (κ3) is 4.37. The second-order valence-corrected chi connectivity index (χ2v) is 5.23. The summed E-state index contributed by atoms with van der Waals surface area (Å²) in [6, 6.07) is 0.679. The molecule has 1 heterocycles. The topological polar surface area (TPSA) is 39.3 Å². The number of hydrazine groups is 3. The Morgan fingerprint density at radius 1 is 0.938 bits per heavy atom. The lowest BCUT2D eigenvalue weighted by atomic mass is 10.0. The van der Waals surface area contributed by atoms with Gasteiger partial charge >= 0.3 is 0 Å². The highest BCUT2D eigenvalue weighted by Crippen LogP contribution is 2.34. The van der Waals surface area contributed by atoms with Gasteiger partial charge in [-0.25, -0.2) is 10.9 Å². The predicted molar refractivity (Wildman–Crippen MR) is 66.3 cm³/mol. The van der Waals surface area contributed by atoms with E-state index in [9.17, 15) is 0 Å². The van der Waals surface area contributed by atoms with Crippen molar-refractivity contribution in [3.8, 4) is 0 Å². The molecule has 0 bridgehead atoms. The Kier molecular flexibility index (Phi) is 5.03. The Morgan fingerprint density at radius 2 is 1.69 bits per heavy atom. The maximum atomic E-state index is 3.56. The van der Waals surface area contributed by atoms with E-state index in [-0.39, 0.29) is 0 Å². The van der Waals surface area contributed by atoms with Crippen LogP contribution in [0.25, 0.3) is 0 Å². The van der Waals surface area contributed by atoms with E-state index in [4.69, 9.17) is 0 Å². The molecule has 16 heavy (non-hydrogen) atoms. The summed E-state index contributed by atoms with van der Waals surface area (Å²) in [5, 5.41) is 1.99. The van der Waals surface area contributed by atoms with Gasteiger partial charge in [0.05, 0.1) is 0 Å². The third-order valence-electron chi connectivity index (χ3n) is 3.61. The predicted octanol–water partition coefficient (Wildman–Crippen LogP) is 1.56. The van der Waals surface area contributed by atoms with Crippen molar-refractivity contribution in [1.82, 2.24) is 21.5 Å². The molecule has 1 saturated heterocycles. The minimum absolute atomic E-state index is 0.679. The van der Waals surface area contributed by atoms with Gasteiger partial charge in [0.25, 0.3) is 0 Å². The average Bonchev–Trinajstić information content (AvgIpc) is 3.06. The summed E-state index contributed by atoms with van der Waals surface area (Å²) in [5.41, 5.74) is 9.99. The zero-order valence-electron chi connectivity index (χ0n) is 10.5. The van der Waals surface area contributed by atoms with Crippen molar-refractivity contribution >= 4 is 0 Å². The molecule has 1 aliphatic carbocycles. The molecule has 4 nitrogen and oxygen atoms in total. The maximum Gasteiger partial charge on any atom is 0.0257 e. The molecular weight excluding hydrogens is 200 g/mol. The van der Waals surface area contributed by atoms with Gasteiger partial charge in [-0.15, -0.1) is 0 Å². The van der Waals surface area contributed by atoms with E-state index in [1.54, 1.807) is 0 Å². The second-order valence-electron chi connectivity index (χ2n) is 5.23. The lowest BCUT2D eigenvalue weighted by Crippen LogP contribution is -2.55. The van der Waals surface area contributed by atoms with Crippen LogP contribution in [0.3, 0.4) is 0 Å². The molecule has 2 fully saturated rings. The third-order valence-corrected chi connectivity index (χ3v) is 3.61. The van der Waals surface area contributed by atoms with Crippen molar-refractivity contribution in [1.29, 1.82) is 0 Å². The molecule has 0 aromatic carbocycles. The fraction of sp³-hybridized carbons (Fsp3) is 1.00. The molecule has 94 valence electrons. The Morgan fingerprint density at radius 3 is 2.50 bits per heavy atom. The average molecular weight is 226 g/mol. The Labute approximate surface area is 99.1 Å². The van der Waals surface area contributed by atoms with Gasteiger partial charge in [0, 0.05) is 19.6 Å². The van der Waals surface area contributed by atoms with E-state index < -0.39 is 0 Å². The van der Waals surface area contributed by atoms with Crippen molar-refractivity contribution in [3.63, 3.8) is 0 Å². The normalized spacial score (nSPS) is 31.7. The van der Waals surface area contributed by atoms with Crippen molar-refractivity contribution < 1.29 is 0 Å². The van der Waals surface area contributed by atoms with Crippen molar-refractivity contribution in [2.24, 2.45) is 5.92 Å². The number of rotatable bonds is 1. The van der Waals surface area contributed by atoms with Gasteiger partial charge in [-0.2, -0.15) is 10.7 Å². The Hall–Kier alpha value is -0.160. The highest BCUT2D eigenvalue weighted by atomic mass is 15.8. The first-order valence-corrected chi connectivity index (χ1v) is 6.84. The summed E-state index contributed by atoms with van der Waals surface area (Å²) >= 11 is 0. The molecule has 0 spiro atoms. The summed E-state index contributed by atoms with van der Waals surface area (Å²) in [6.07, 6.45) is 11.0. The van der Waals surface area contributed by atoms with Crippen molar-refractivity contribution in [2.45, 2.75) is 57.4 Å². The van der Waals surface area contributed by atoms with E-state index in [0.29, 0.717) is 6.04 Å². The number of nitrogens with zero attached hydrogens (tertiary/aromatic N) is 1. The van der Waals surface area contributed by atoms with E-state index in [0.717, 1.165) is 12.5 Å². The molecular formula is C12H26N4. The smallest absolute Gasteiger partial charge is 0.0257 e. The highest BCUT2D eigenvalue weighted by molar-refractivity contribution is 4.85. The number of hydrogen-bond acceptors (Lipinski definition) is 4. The van der Waals surface area contributed by atoms with Crippen LogP contribution in [0.15, 0.2) is 0 Å². The molecule has 0 radical (unpaired) electrons. The van der Waals surface area contributed by atoms with Gasteiger partial charge < -0.3 is 0 Å². The summed E-state index contributed by atoms with van der Waals surface area (Å²) in [7, 11) is 2.05. The van der Waals surface area contributed by atoms with Gasteiger partial charge in [0.2, 0.25) is 0 Å². The summed E-state index contributed by atoms with van der Waals surface area (Å²) in [4.78, 5) is 0. The SMILES string of the molecule is CN1NNCCCCCCCC(C2CC2)N1. The van der Waals surface area contributed by atoms with Gasteiger partial charge in [-0.05, 0) is 31.6 Å². The van der Waals surface area contributed by atoms with Crippen LogP contribution in [0.1, 0.15) is 51.4 Å². The van der Waals surface area contributed by atoms with Crippen LogP contribution in [0.4, 0.5) is 0 Å². The van der Waals surface area contributed by atoms with E-state index in [1.165, 1.54) is 51.4 Å². The minimum Gasteiger partial charge on any atom is -0.243 e. The standard InChI is InChI=1S/C12H26N4/c1-16-14-12(11-8-9-11)7-5-3-2-4-6-10-13-15-16/h11-15H,2-10H2,1H3. The molecule has 1 unspecified atom stereocenters. The molecule has 0 aromatic rings. The van der Waals surface area contributed by atoms with E-state index >= 15 is 0 Å². The van der Waals surface area contributed by atoms with Crippen LogP contribution in [0.5, 0.6) is 0 Å². The lowest BCUT2D eigenvalue weighted by Gasteiger charge is -2.27. The molecule has 0 aromatic heterocycles. The van der Waals surface area contributed by atoms with Crippen LogP contribution in [0.2, 0.25) is 0 Å². The zero-order chi connectivity index (χ0) is 11.2. The van der Waals surface area contributed by atoms with E-state index in [1.807, 2.05) is 12.2 Å². The second kappa shape index (κ2) is 6.55. The summed E-state index contributed by atoms with van der Waals surface area (Å²) < 4.78 is 0. The molecule has 2 rings (SSSR count). The first-order chi connectivity index (χ1) is 7.86. The largest absolute Gasteiger partial charge is 0.243 e. The molecule has 1 atom stereocenters. The molecule has 2 aliphatic rings. The van der Waals surface area contributed by atoms with Crippen LogP contribution in [-0.4, -0.2) is 24.8 Å². The van der Waals surface area contributed by atoms with Gasteiger partial charge in [-0.1, -0.05) is 25.7 Å². The lowest BCUT2D eigenvalue weighted by molar-refractivity contribution is 0.0873. The highest BCUT2D eigenvalue weighted by Gasteiger charge is 2.31. The molecule has 4 heteroatoms. The van der Waals surface area contributed by atoms with Crippen LogP contribution in [-0.2, 0) is 0 Å². The molecule has 0 amide bonds. The summed E-state index contributed by atoms with van der Waals surface area (Å²) in [5.74, 6) is 0.923. The van der Waals surface area contributed by atoms with Crippen molar-refractivity contribution in [2.75, 3.05) is 13.6 Å². The molecule has 1 aliphatic heterocycles. The maximum absolute atomic E-state index is 3.56. The van der Waals surface area contributed by atoms with Crippen molar-refractivity contribution in [3.05, 3.63) is 0 Å². The number of nitrogens with one attached hydrogen (secondary N) is 3. The van der Waals surface area contributed by atoms with Gasteiger partial charge in [0.15, 0.2) is 0 Å². The summed E-state index contributed by atoms with van der Waals surface area (Å²) in [6.45, 7) is 1.06. The Balaban J connectivity index is 1.77. The quantitative estimate of drug-likeness (QED) is 0.634. The Bertz CT molecular complexity index is 193. The van der Waals surface area contributed by atoms with Gasteiger partial charge in [0.1, 0.15) is 0 Å². The minimum atomic E-state index is 0.679. The van der Waals surface area contributed by atoms with Gasteiger partial charge in [-0.3, -0.25) is 0 Å². The van der Waals surface area contributed by atoms with Crippen LogP contribution >= 0.6 is 0 Å². The monoisotopic (exact) mass is 226 g/mol. The number of hydrogen-bond donors (Lipinski definition) is 3. The fourth-order valence-electron chi connectivity index (χ4n) is 2.47. The molecule has 1 saturated carbocycles. The van der Waals surface area contributed by atoms with Crippen LogP contribution in [0, 0.1) is 5.92 Å².